The van der Waals surface area contributed by atoms with Crippen LogP contribution in [0.15, 0.2) is 24.3 Å². The lowest BCUT2D eigenvalue weighted by Crippen LogP contribution is -2.25. The summed E-state index contributed by atoms with van der Waals surface area (Å²) in [6.45, 7) is -1.86. The topological polar surface area (TPSA) is 20.2 Å². The molecular formula is C11H18O. The van der Waals surface area contributed by atoms with Gasteiger partial charge in [0.05, 0.1) is 8.34 Å². The summed E-state index contributed by atoms with van der Waals surface area (Å²) in [5.41, 5.74) is -1.89. The van der Waals surface area contributed by atoms with Gasteiger partial charge < -0.3 is 5.11 Å². The van der Waals surface area contributed by atoms with E-state index >= 15 is 0 Å². The second-order valence-corrected chi connectivity index (χ2v) is 3.09. The van der Waals surface area contributed by atoms with Crippen LogP contribution in [0.1, 0.15) is 42.6 Å². The van der Waals surface area contributed by atoms with Gasteiger partial charge in [-0.1, -0.05) is 31.2 Å². The van der Waals surface area contributed by atoms with Crippen LogP contribution in [-0.4, -0.2) is 10.7 Å². The monoisotopic (exact) mass is 173 g/mol. The Morgan fingerprint density at radius 1 is 2.08 bits per heavy atom. The highest BCUT2D eigenvalue weighted by Crippen LogP contribution is 2.29. The minimum Gasteiger partial charge on any atom is -0.386 e. The van der Waals surface area contributed by atoms with E-state index in [2.05, 4.69) is 0 Å². The fourth-order valence-corrected chi connectivity index (χ4v) is 1.26. The molecule has 0 radical (unpaired) electrons. The molecule has 0 saturated heterocycles. The van der Waals surface area contributed by atoms with Gasteiger partial charge in [0.2, 0.25) is 0 Å². The molecule has 0 saturated carbocycles. The number of rotatable bonds is 2. The second-order valence-electron chi connectivity index (χ2n) is 3.09. The highest BCUT2D eigenvalue weighted by atomic mass is 16.3. The zero-order valence-corrected chi connectivity index (χ0v) is 7.09. The van der Waals surface area contributed by atoms with Crippen LogP contribution in [0, 0.1) is 5.92 Å². The third-order valence-corrected chi connectivity index (χ3v) is 2.08. The fourth-order valence-electron chi connectivity index (χ4n) is 1.26. The summed E-state index contributed by atoms with van der Waals surface area (Å²) in [4.78, 5) is 0. The molecule has 2 unspecified atom stereocenters. The summed E-state index contributed by atoms with van der Waals surface area (Å²) >= 11 is 0. The van der Waals surface area contributed by atoms with Crippen molar-refractivity contribution in [3.63, 3.8) is 0 Å². The van der Waals surface area contributed by atoms with Crippen LogP contribution >= 0.6 is 0 Å². The van der Waals surface area contributed by atoms with Gasteiger partial charge in [-0.15, -0.1) is 0 Å². The van der Waals surface area contributed by atoms with Crippen LogP contribution in [-0.2, 0) is 0 Å². The summed E-state index contributed by atoms with van der Waals surface area (Å²) in [6.07, 6.45) is 0.897. The van der Waals surface area contributed by atoms with Crippen molar-refractivity contribution in [1.29, 1.82) is 0 Å². The molecule has 0 fully saturated rings. The molecule has 1 N–H and O–H groups in total. The Morgan fingerprint density at radius 3 is 3.33 bits per heavy atom. The maximum absolute atomic E-state index is 10.00. The summed E-state index contributed by atoms with van der Waals surface area (Å²) in [7, 11) is 0. The number of hydrogen-bond donors (Lipinski definition) is 1. The lowest BCUT2D eigenvalue weighted by atomic mass is 9.82. The molecule has 1 rings (SSSR count). The fraction of sp³-hybridized carbons (Fsp3) is 0.636. The lowest BCUT2D eigenvalue weighted by molar-refractivity contribution is 0.0901. The van der Waals surface area contributed by atoms with E-state index in [1.807, 2.05) is 0 Å². The Morgan fingerprint density at radius 2 is 2.92 bits per heavy atom. The Labute approximate surface area is 84.6 Å². The lowest BCUT2D eigenvalue weighted by Gasteiger charge is -2.28. The number of hydrogen-bond acceptors (Lipinski definition) is 1. The van der Waals surface area contributed by atoms with E-state index in [1.54, 1.807) is 0 Å². The summed E-state index contributed by atoms with van der Waals surface area (Å²) in [6, 6.07) is 0. The van der Waals surface area contributed by atoms with Crippen LogP contribution in [0.3, 0.4) is 0 Å². The van der Waals surface area contributed by atoms with E-state index in [1.165, 1.54) is 13.0 Å². The Bertz CT molecular complexity index is 400. The third-order valence-electron chi connectivity index (χ3n) is 2.08. The molecule has 0 bridgehead atoms. The zero-order chi connectivity index (χ0) is 15.1. The van der Waals surface area contributed by atoms with Gasteiger partial charge in [0, 0.05) is 6.85 Å². The molecule has 1 nitrogen and oxygen atoms in total. The molecule has 0 amide bonds. The highest BCUT2D eigenvalue weighted by molar-refractivity contribution is 5.15. The van der Waals surface area contributed by atoms with Crippen LogP contribution in [0.5, 0.6) is 0 Å². The van der Waals surface area contributed by atoms with Crippen molar-refractivity contribution in [3.05, 3.63) is 24.3 Å². The predicted molar refractivity (Wildman–Crippen MR) is 51.9 cm³/mol. The SMILES string of the molecule is [2H]C([2H])=C(C1C=CC(O)(C([2H])([2H])[2H])CC1)C([2H])([2H])C. The van der Waals surface area contributed by atoms with Crippen LogP contribution in [0.25, 0.3) is 0 Å². The number of aliphatic hydroxyl groups is 1. The minimum atomic E-state index is -2.53. The van der Waals surface area contributed by atoms with E-state index in [9.17, 15) is 5.11 Å². The molecule has 12 heavy (non-hydrogen) atoms. The van der Waals surface area contributed by atoms with Crippen molar-refractivity contribution >= 4 is 0 Å². The molecule has 0 aliphatic heterocycles. The largest absolute Gasteiger partial charge is 0.386 e. The Hall–Kier alpha value is -0.560. The summed E-state index contributed by atoms with van der Waals surface area (Å²) in [5.74, 6) is -0.521. The Balaban J connectivity index is 3.06. The van der Waals surface area contributed by atoms with Crippen molar-refractivity contribution < 1.29 is 14.7 Å². The molecule has 1 aliphatic carbocycles. The standard InChI is InChI=1S/C11H18O/c1-4-9(2)10-5-7-11(3,12)8-6-10/h5,7,10,12H,2,4,6,8H2,1,3H3/i2D2,3D3,4D2. The first kappa shape index (κ1) is 3.67. The van der Waals surface area contributed by atoms with Crippen molar-refractivity contribution in [1.82, 2.24) is 0 Å². The van der Waals surface area contributed by atoms with Gasteiger partial charge in [-0.3, -0.25) is 0 Å². The molecule has 2 atom stereocenters. The van der Waals surface area contributed by atoms with Gasteiger partial charge in [-0.05, 0) is 32.0 Å². The smallest absolute Gasteiger partial charge is 0.0800 e. The molecule has 0 heterocycles. The van der Waals surface area contributed by atoms with Gasteiger partial charge in [0.25, 0.3) is 0 Å². The van der Waals surface area contributed by atoms with Gasteiger partial charge >= 0.3 is 0 Å². The van der Waals surface area contributed by atoms with Gasteiger partial charge in [-0.25, -0.2) is 0 Å². The molecule has 0 aromatic rings. The van der Waals surface area contributed by atoms with Crippen LogP contribution in [0.4, 0.5) is 0 Å². The van der Waals surface area contributed by atoms with Crippen molar-refractivity contribution in [2.75, 3.05) is 0 Å². The minimum absolute atomic E-state index is 0.0105. The summed E-state index contributed by atoms with van der Waals surface area (Å²) in [5, 5.41) is 10.00. The molecule has 1 heteroatoms. The zero-order valence-electron chi connectivity index (χ0n) is 14.1. The molecule has 0 aromatic heterocycles. The van der Waals surface area contributed by atoms with Crippen molar-refractivity contribution in [2.24, 2.45) is 5.92 Å². The normalized spacial score (nSPS) is 45.5. The highest BCUT2D eigenvalue weighted by Gasteiger charge is 2.23. The van der Waals surface area contributed by atoms with Crippen LogP contribution in [0.2, 0.25) is 0 Å². The molecular weight excluding hydrogens is 148 g/mol. The van der Waals surface area contributed by atoms with Gasteiger partial charge in [-0.2, -0.15) is 0 Å². The van der Waals surface area contributed by atoms with E-state index in [-0.39, 0.29) is 18.4 Å². The maximum Gasteiger partial charge on any atom is 0.0800 e. The first-order valence-corrected chi connectivity index (χ1v) is 3.98. The summed E-state index contributed by atoms with van der Waals surface area (Å²) < 4.78 is 51.8. The van der Waals surface area contributed by atoms with Gasteiger partial charge in [0.15, 0.2) is 0 Å². The first-order chi connectivity index (χ1) is 8.38. The van der Waals surface area contributed by atoms with E-state index in [0.717, 1.165) is 6.08 Å². The Kier molecular flexibility index (Phi) is 1.05. The quantitative estimate of drug-likeness (QED) is 0.636. The van der Waals surface area contributed by atoms with Gasteiger partial charge in [0.1, 0.15) is 0 Å². The molecule has 0 spiro atoms. The number of allylic oxidation sites excluding steroid dienone is 2. The molecule has 68 valence electrons. The maximum atomic E-state index is 10.00. The van der Waals surface area contributed by atoms with Crippen molar-refractivity contribution in [2.45, 2.75) is 38.6 Å². The molecule has 1 aliphatic rings. The average molecular weight is 173 g/mol. The second kappa shape index (κ2) is 3.44. The molecule has 0 aromatic carbocycles. The first-order valence-electron chi connectivity index (χ1n) is 7.48. The van der Waals surface area contributed by atoms with Crippen LogP contribution < -0.4 is 0 Å². The average Bonchev–Trinajstić information content (AvgIpc) is 2.17. The van der Waals surface area contributed by atoms with Crippen molar-refractivity contribution in [3.8, 4) is 0 Å². The van der Waals surface area contributed by atoms with E-state index in [0.29, 0.717) is 0 Å². The predicted octanol–water partition coefficient (Wildman–Crippen LogP) is 2.67. The third kappa shape index (κ3) is 2.21. The van der Waals surface area contributed by atoms with E-state index in [4.69, 9.17) is 9.60 Å². The van der Waals surface area contributed by atoms with E-state index < -0.39 is 31.3 Å².